The lowest BCUT2D eigenvalue weighted by molar-refractivity contribution is -0.179. The van der Waals surface area contributed by atoms with Crippen LogP contribution in [0.4, 0.5) is 14.7 Å². The van der Waals surface area contributed by atoms with Gasteiger partial charge in [-0.2, -0.15) is 8.42 Å². The van der Waals surface area contributed by atoms with E-state index in [1.165, 1.54) is 24.1 Å². The molecule has 0 saturated carbocycles. The second-order valence-corrected chi connectivity index (χ2v) is 14.7. The van der Waals surface area contributed by atoms with Gasteiger partial charge in [-0.15, -0.1) is 11.3 Å². The first kappa shape index (κ1) is 35.4. The molecule has 1 aromatic heterocycles. The van der Waals surface area contributed by atoms with Crippen LogP contribution >= 0.6 is 11.3 Å². The molecule has 45 heavy (non-hydrogen) atoms. The summed E-state index contributed by atoms with van der Waals surface area (Å²) in [6.07, 6.45) is -0.826. The number of anilines is 1. The molecule has 0 radical (unpaired) electrons. The molecule has 0 aromatic carbocycles. The molecular formula is C25H37N7O11S2. The maximum atomic E-state index is 13.6. The van der Waals surface area contributed by atoms with E-state index < -0.39 is 74.8 Å². The molecule has 2 aliphatic heterocycles. The van der Waals surface area contributed by atoms with Gasteiger partial charge in [-0.05, 0) is 55.4 Å². The molecular weight excluding hydrogens is 638 g/mol. The van der Waals surface area contributed by atoms with Crippen molar-refractivity contribution in [3.8, 4) is 0 Å². The lowest BCUT2D eigenvalue weighted by Crippen LogP contribution is -2.74. The first-order valence-electron chi connectivity index (χ1n) is 13.6. The van der Waals surface area contributed by atoms with Crippen molar-refractivity contribution in [2.24, 2.45) is 5.16 Å². The van der Waals surface area contributed by atoms with Crippen LogP contribution in [0.5, 0.6) is 0 Å². The lowest BCUT2D eigenvalue weighted by atomic mass is 9.97. The van der Waals surface area contributed by atoms with E-state index in [-0.39, 0.29) is 34.8 Å². The number of aromatic nitrogens is 1. The number of carbonyl (C=O) groups excluding carboxylic acids is 5. The van der Waals surface area contributed by atoms with Gasteiger partial charge in [-0.3, -0.25) is 19.5 Å². The normalized spacial score (nSPS) is 19.4. The second-order valence-electron chi connectivity index (χ2n) is 12.5. The molecule has 18 nitrogen and oxygen atoms in total. The number of carbonyl (C=O) groups is 5. The van der Waals surface area contributed by atoms with E-state index in [0.29, 0.717) is 0 Å². The van der Waals surface area contributed by atoms with Crippen molar-refractivity contribution in [3.63, 3.8) is 0 Å². The van der Waals surface area contributed by atoms with Gasteiger partial charge in [-0.1, -0.05) is 5.16 Å². The van der Waals surface area contributed by atoms with Crippen LogP contribution in [0.1, 0.15) is 61.1 Å². The summed E-state index contributed by atoms with van der Waals surface area (Å²) in [6, 6.07) is -3.40. The number of rotatable bonds is 10. The Balaban J connectivity index is 1.92. The Kier molecular flexibility index (Phi) is 10.0. The zero-order valence-corrected chi connectivity index (χ0v) is 27.6. The van der Waals surface area contributed by atoms with Crippen molar-refractivity contribution in [1.82, 2.24) is 24.8 Å². The average molecular weight is 676 g/mol. The standard InChI is InChI=1S/C25H37N7O11S2/c1-23(2,3)41-19(35)25(7,8)43-30-15(13-12-44-20(27-13)29-22(37)42-24(4,5)6)17(33)28-16-14(11-31-10-9-26-21(31)36)32(18(16)34)45(38,39)40/h12,14,16H,9-11H2,1-8H3,(H,26,36)(H,28,33)(H,27,29,37)(H,38,39,40)/b30-15-/t14-,16+/m1/s1. The predicted octanol–water partition coefficient (Wildman–Crippen LogP) is 0.855. The number of ether oxygens (including phenoxy) is 2. The van der Waals surface area contributed by atoms with Crippen molar-refractivity contribution in [3.05, 3.63) is 11.1 Å². The van der Waals surface area contributed by atoms with Gasteiger partial charge >= 0.3 is 28.4 Å². The summed E-state index contributed by atoms with van der Waals surface area (Å²) < 4.78 is 44.2. The lowest BCUT2D eigenvalue weighted by Gasteiger charge is -2.45. The molecule has 2 aliphatic rings. The fourth-order valence-corrected chi connectivity index (χ4v) is 5.45. The third-order valence-electron chi connectivity index (χ3n) is 5.88. The maximum absolute atomic E-state index is 13.6. The number of urea groups is 1. The molecule has 250 valence electrons. The van der Waals surface area contributed by atoms with E-state index in [1.54, 1.807) is 41.5 Å². The molecule has 0 bridgehead atoms. The molecule has 20 heteroatoms. The SMILES string of the molecule is CC(C)(C)OC(=O)Nc1nc(/C(=N/OC(C)(C)C(=O)OC(C)(C)C)C(=O)N[C@@H]2C(=O)N(S(=O)(=O)O)[C@@H]2CN2CCNC2=O)cs1. The number of hydrogen-bond donors (Lipinski definition) is 4. The first-order valence-corrected chi connectivity index (χ1v) is 15.9. The smallest absolute Gasteiger partial charge is 0.413 e. The zero-order chi connectivity index (χ0) is 34.1. The Bertz CT molecular complexity index is 1490. The van der Waals surface area contributed by atoms with Crippen LogP contribution in [0, 0.1) is 0 Å². The largest absolute Gasteiger partial charge is 0.457 e. The zero-order valence-electron chi connectivity index (χ0n) is 26.0. The third kappa shape index (κ3) is 9.24. The number of hydrogen-bond acceptors (Lipinski definition) is 13. The molecule has 5 amide bonds. The van der Waals surface area contributed by atoms with Crippen LogP contribution in [0.3, 0.4) is 0 Å². The number of esters is 1. The molecule has 2 atom stereocenters. The Labute approximate surface area is 263 Å². The minimum absolute atomic E-state index is 0.00124. The Morgan fingerprint density at radius 3 is 2.27 bits per heavy atom. The minimum atomic E-state index is -5.04. The molecule has 2 saturated heterocycles. The topological polar surface area (TPSA) is 235 Å². The van der Waals surface area contributed by atoms with Gasteiger partial charge in [0.1, 0.15) is 22.9 Å². The van der Waals surface area contributed by atoms with Gasteiger partial charge in [0.25, 0.3) is 11.8 Å². The second kappa shape index (κ2) is 12.8. The molecule has 4 N–H and O–H groups in total. The van der Waals surface area contributed by atoms with E-state index >= 15 is 0 Å². The molecule has 0 aliphatic carbocycles. The molecule has 3 heterocycles. The fourth-order valence-electron chi connectivity index (χ4n) is 3.89. The van der Waals surface area contributed by atoms with Gasteiger partial charge in [-0.25, -0.2) is 23.7 Å². The average Bonchev–Trinajstić information content (AvgIpc) is 3.47. The first-order chi connectivity index (χ1) is 20.5. The highest BCUT2D eigenvalue weighted by molar-refractivity contribution is 7.84. The van der Waals surface area contributed by atoms with Crippen LogP contribution in [-0.2, 0) is 39.0 Å². The highest BCUT2D eigenvalue weighted by Gasteiger charge is 2.55. The van der Waals surface area contributed by atoms with E-state index in [0.717, 1.165) is 11.3 Å². The van der Waals surface area contributed by atoms with Crippen molar-refractivity contribution in [2.75, 3.05) is 25.0 Å². The van der Waals surface area contributed by atoms with Crippen LogP contribution in [0.2, 0.25) is 0 Å². The summed E-state index contributed by atoms with van der Waals surface area (Å²) in [5.74, 6) is -3.07. The number of nitrogens with zero attached hydrogens (tertiary/aromatic N) is 4. The van der Waals surface area contributed by atoms with E-state index in [4.69, 9.17) is 14.3 Å². The van der Waals surface area contributed by atoms with E-state index in [1.807, 2.05) is 0 Å². The minimum Gasteiger partial charge on any atom is -0.457 e. The fraction of sp³-hybridized carbons (Fsp3) is 0.640. The Hall–Kier alpha value is -4.04. The predicted molar refractivity (Wildman–Crippen MR) is 159 cm³/mol. The van der Waals surface area contributed by atoms with Crippen LogP contribution in [0.15, 0.2) is 10.5 Å². The monoisotopic (exact) mass is 675 g/mol. The number of nitrogens with one attached hydrogen (secondary N) is 3. The molecule has 0 spiro atoms. The van der Waals surface area contributed by atoms with E-state index in [9.17, 15) is 36.9 Å². The van der Waals surface area contributed by atoms with Gasteiger partial charge in [0.2, 0.25) is 5.60 Å². The van der Waals surface area contributed by atoms with Crippen molar-refractivity contribution >= 4 is 62.4 Å². The Morgan fingerprint density at radius 2 is 1.73 bits per heavy atom. The van der Waals surface area contributed by atoms with Crippen LogP contribution in [0.25, 0.3) is 0 Å². The molecule has 0 unspecified atom stereocenters. The number of thiazole rings is 1. The van der Waals surface area contributed by atoms with Crippen LogP contribution < -0.4 is 16.0 Å². The number of amides is 5. The highest BCUT2D eigenvalue weighted by Crippen LogP contribution is 2.26. The summed E-state index contributed by atoms with van der Waals surface area (Å²) in [6.45, 7) is 12.7. The quantitative estimate of drug-likeness (QED) is 0.0888. The Morgan fingerprint density at radius 1 is 1.11 bits per heavy atom. The summed E-state index contributed by atoms with van der Waals surface area (Å²) in [5.41, 5.74) is -4.11. The van der Waals surface area contributed by atoms with Gasteiger partial charge in [0, 0.05) is 25.0 Å². The van der Waals surface area contributed by atoms with Crippen LogP contribution in [-0.4, -0.2) is 111 Å². The summed E-state index contributed by atoms with van der Waals surface area (Å²) >= 11 is 0.892. The molecule has 2 fully saturated rings. The maximum Gasteiger partial charge on any atom is 0.413 e. The number of oxime groups is 1. The molecule has 3 rings (SSSR count). The van der Waals surface area contributed by atoms with E-state index in [2.05, 4.69) is 26.1 Å². The summed E-state index contributed by atoms with van der Waals surface area (Å²) in [5, 5.41) is 12.5. The van der Waals surface area contributed by atoms with Gasteiger partial charge in [0.05, 0.1) is 6.04 Å². The molecule has 1 aromatic rings. The summed E-state index contributed by atoms with van der Waals surface area (Å²) in [4.78, 5) is 74.2. The number of β-lactam (4-membered cyclic amide) rings is 1. The highest BCUT2D eigenvalue weighted by atomic mass is 32.2. The third-order valence-corrected chi connectivity index (χ3v) is 7.59. The van der Waals surface area contributed by atoms with Gasteiger partial charge in [0.15, 0.2) is 10.8 Å². The summed E-state index contributed by atoms with van der Waals surface area (Å²) in [7, 11) is -5.04. The van der Waals surface area contributed by atoms with Crippen molar-refractivity contribution in [1.29, 1.82) is 0 Å². The van der Waals surface area contributed by atoms with Crippen molar-refractivity contribution in [2.45, 2.75) is 84.3 Å². The van der Waals surface area contributed by atoms with Crippen molar-refractivity contribution < 1.29 is 51.3 Å². The van der Waals surface area contributed by atoms with Gasteiger partial charge < -0.3 is 29.8 Å².